The summed E-state index contributed by atoms with van der Waals surface area (Å²) in [5.74, 6) is 0. The van der Waals surface area contributed by atoms with Crippen molar-refractivity contribution in [2.75, 3.05) is 5.43 Å². The number of hydrogen-bond acceptors (Lipinski definition) is 5. The number of rotatable bonds is 4. The summed E-state index contributed by atoms with van der Waals surface area (Å²) in [5.41, 5.74) is 5.83. The van der Waals surface area contributed by atoms with Gasteiger partial charge in [0.2, 0.25) is 0 Å². The van der Waals surface area contributed by atoms with Crippen LogP contribution in [-0.4, -0.2) is 10.7 Å². The van der Waals surface area contributed by atoms with E-state index in [1.165, 1.54) is 11.3 Å². The van der Waals surface area contributed by atoms with Gasteiger partial charge in [0.1, 0.15) is 6.07 Å². The van der Waals surface area contributed by atoms with Crippen molar-refractivity contribution in [2.45, 2.75) is 0 Å². The third-order valence-corrected chi connectivity index (χ3v) is 5.13. The third-order valence-electron chi connectivity index (χ3n) is 4.03. The summed E-state index contributed by atoms with van der Waals surface area (Å²) >= 11 is 7.31. The average Bonchev–Trinajstić information content (AvgIpc) is 3.19. The maximum atomic E-state index is 9.52. The molecule has 3 aromatic carbocycles. The molecule has 130 valence electrons. The Kier molecular flexibility index (Phi) is 4.84. The summed E-state index contributed by atoms with van der Waals surface area (Å²) in [7, 11) is 0. The van der Waals surface area contributed by atoms with Gasteiger partial charge in [-0.1, -0.05) is 60.1 Å². The van der Waals surface area contributed by atoms with E-state index in [0.29, 0.717) is 10.0 Å². The Hall–Kier alpha value is -3.20. The van der Waals surface area contributed by atoms with Gasteiger partial charge in [-0.25, -0.2) is 4.98 Å². The molecule has 4 rings (SSSR count). The van der Waals surface area contributed by atoms with Gasteiger partial charge >= 0.3 is 0 Å². The Labute approximate surface area is 165 Å². The summed E-state index contributed by atoms with van der Waals surface area (Å²) in [5, 5.41) is 19.1. The quantitative estimate of drug-likeness (QED) is 0.346. The van der Waals surface area contributed by atoms with Crippen LogP contribution in [0.25, 0.3) is 22.0 Å². The second kappa shape index (κ2) is 7.58. The van der Waals surface area contributed by atoms with Crippen LogP contribution in [-0.2, 0) is 0 Å². The minimum Gasteiger partial charge on any atom is -0.276 e. The van der Waals surface area contributed by atoms with E-state index in [2.05, 4.69) is 21.6 Å². The van der Waals surface area contributed by atoms with Crippen LogP contribution < -0.4 is 5.43 Å². The van der Waals surface area contributed by atoms with E-state index in [1.807, 2.05) is 72.1 Å². The molecule has 0 bridgehead atoms. The van der Waals surface area contributed by atoms with Crippen LogP contribution in [0.5, 0.6) is 0 Å². The Bertz CT molecular complexity index is 1170. The fourth-order valence-electron chi connectivity index (χ4n) is 2.70. The highest BCUT2D eigenvalue weighted by Gasteiger charge is 2.11. The Morgan fingerprint density at radius 1 is 1.04 bits per heavy atom. The fourth-order valence-corrected chi connectivity index (χ4v) is 3.59. The number of hydrogen-bond donors (Lipinski definition) is 1. The number of hydrazone groups is 1. The molecule has 0 saturated carbocycles. The molecule has 6 heteroatoms. The second-order valence-electron chi connectivity index (χ2n) is 5.76. The van der Waals surface area contributed by atoms with E-state index >= 15 is 0 Å². The van der Waals surface area contributed by atoms with Crippen molar-refractivity contribution in [3.8, 4) is 17.3 Å². The van der Waals surface area contributed by atoms with Crippen LogP contribution in [0.4, 0.5) is 5.69 Å². The molecule has 1 aromatic heterocycles. The number of halogens is 1. The number of nitrogens with zero attached hydrogens (tertiary/aromatic N) is 3. The largest absolute Gasteiger partial charge is 0.276 e. The molecule has 1 N–H and O–H groups in total. The molecule has 0 saturated heterocycles. The SMILES string of the molecule is N#C/C(=N/Nc1cccc2ccccc12)c1nc(-c2ccc(Cl)cc2)cs1. The smallest absolute Gasteiger partial charge is 0.196 e. The number of nitrogens with one attached hydrogen (secondary N) is 1. The van der Waals surface area contributed by atoms with Gasteiger partial charge in [-0.15, -0.1) is 11.3 Å². The number of aromatic nitrogens is 1. The maximum absolute atomic E-state index is 9.52. The fraction of sp³-hybridized carbons (Fsp3) is 0. The van der Waals surface area contributed by atoms with Crippen molar-refractivity contribution in [2.24, 2.45) is 5.10 Å². The third kappa shape index (κ3) is 3.68. The van der Waals surface area contributed by atoms with E-state index in [0.717, 1.165) is 27.7 Å². The van der Waals surface area contributed by atoms with Crippen LogP contribution in [0, 0.1) is 11.3 Å². The molecule has 0 atom stereocenters. The molecule has 0 spiro atoms. The molecule has 1 heterocycles. The van der Waals surface area contributed by atoms with Crippen LogP contribution in [0.1, 0.15) is 5.01 Å². The summed E-state index contributed by atoms with van der Waals surface area (Å²) in [6.45, 7) is 0. The van der Waals surface area contributed by atoms with E-state index in [9.17, 15) is 5.26 Å². The molecular weight excluding hydrogens is 376 g/mol. The lowest BCUT2D eigenvalue weighted by Gasteiger charge is -2.05. The lowest BCUT2D eigenvalue weighted by atomic mass is 10.1. The van der Waals surface area contributed by atoms with Crippen molar-refractivity contribution in [3.63, 3.8) is 0 Å². The van der Waals surface area contributed by atoms with Crippen LogP contribution in [0.3, 0.4) is 0 Å². The second-order valence-corrected chi connectivity index (χ2v) is 7.05. The number of benzene rings is 3. The topological polar surface area (TPSA) is 61.1 Å². The van der Waals surface area contributed by atoms with Crippen molar-refractivity contribution in [1.29, 1.82) is 5.26 Å². The Balaban J connectivity index is 1.62. The van der Waals surface area contributed by atoms with Gasteiger partial charge < -0.3 is 0 Å². The highest BCUT2D eigenvalue weighted by molar-refractivity contribution is 7.12. The van der Waals surface area contributed by atoms with E-state index in [-0.39, 0.29) is 5.71 Å². The monoisotopic (exact) mass is 388 g/mol. The summed E-state index contributed by atoms with van der Waals surface area (Å²) < 4.78 is 0. The predicted octanol–water partition coefficient (Wildman–Crippen LogP) is 5.96. The van der Waals surface area contributed by atoms with Crippen molar-refractivity contribution in [1.82, 2.24) is 4.98 Å². The van der Waals surface area contributed by atoms with Gasteiger partial charge in [-0.05, 0) is 23.6 Å². The zero-order chi connectivity index (χ0) is 18.6. The number of nitriles is 1. The molecule has 4 nitrogen and oxygen atoms in total. The van der Waals surface area contributed by atoms with Crippen LogP contribution in [0.2, 0.25) is 5.02 Å². The predicted molar refractivity (Wildman–Crippen MR) is 112 cm³/mol. The lowest BCUT2D eigenvalue weighted by molar-refractivity contribution is 1.32. The maximum Gasteiger partial charge on any atom is 0.196 e. The zero-order valence-corrected chi connectivity index (χ0v) is 15.6. The minimum absolute atomic E-state index is 0.244. The first kappa shape index (κ1) is 17.2. The van der Waals surface area contributed by atoms with Crippen molar-refractivity contribution in [3.05, 3.63) is 82.1 Å². The number of fused-ring (bicyclic) bond motifs is 1. The van der Waals surface area contributed by atoms with Gasteiger partial charge in [-0.3, -0.25) is 5.43 Å². The molecule has 0 unspecified atom stereocenters. The molecule has 0 amide bonds. The first-order valence-corrected chi connectivity index (χ1v) is 9.44. The molecule has 0 aliphatic heterocycles. The molecule has 0 aliphatic rings. The molecule has 27 heavy (non-hydrogen) atoms. The molecule has 0 radical (unpaired) electrons. The normalized spacial score (nSPS) is 11.3. The molecule has 4 aromatic rings. The van der Waals surface area contributed by atoms with Gasteiger partial charge in [0, 0.05) is 21.4 Å². The first-order chi connectivity index (χ1) is 13.2. The Morgan fingerprint density at radius 2 is 1.81 bits per heavy atom. The molecular formula is C21H13ClN4S. The van der Waals surface area contributed by atoms with Gasteiger partial charge in [0.15, 0.2) is 10.7 Å². The van der Waals surface area contributed by atoms with E-state index < -0.39 is 0 Å². The van der Waals surface area contributed by atoms with Crippen LogP contribution >= 0.6 is 22.9 Å². The average molecular weight is 389 g/mol. The van der Waals surface area contributed by atoms with Gasteiger partial charge in [0.25, 0.3) is 0 Å². The van der Waals surface area contributed by atoms with Crippen molar-refractivity contribution >= 4 is 45.1 Å². The standard InChI is InChI=1S/C21H13ClN4S/c22-16-10-8-15(9-11-16)20-13-27-21(24-20)19(12-23)26-25-18-7-3-5-14-4-1-2-6-17(14)18/h1-11,13,25H/b26-19-. The Morgan fingerprint density at radius 3 is 2.63 bits per heavy atom. The lowest BCUT2D eigenvalue weighted by Crippen LogP contribution is -2.01. The van der Waals surface area contributed by atoms with Crippen molar-refractivity contribution < 1.29 is 0 Å². The zero-order valence-electron chi connectivity index (χ0n) is 14.1. The van der Waals surface area contributed by atoms with E-state index in [4.69, 9.17) is 11.6 Å². The first-order valence-electron chi connectivity index (χ1n) is 8.18. The van der Waals surface area contributed by atoms with E-state index in [1.54, 1.807) is 0 Å². The number of anilines is 1. The highest BCUT2D eigenvalue weighted by atomic mass is 35.5. The molecule has 0 fully saturated rings. The minimum atomic E-state index is 0.244. The van der Waals surface area contributed by atoms with Gasteiger partial charge in [0.05, 0.1) is 11.4 Å². The summed E-state index contributed by atoms with van der Waals surface area (Å²) in [6.07, 6.45) is 0. The molecule has 0 aliphatic carbocycles. The van der Waals surface area contributed by atoms with Gasteiger partial charge in [-0.2, -0.15) is 10.4 Å². The highest BCUT2D eigenvalue weighted by Crippen LogP contribution is 2.25. The summed E-state index contributed by atoms with van der Waals surface area (Å²) in [6, 6.07) is 23.5. The summed E-state index contributed by atoms with van der Waals surface area (Å²) in [4.78, 5) is 4.54. The van der Waals surface area contributed by atoms with Crippen LogP contribution in [0.15, 0.2) is 77.2 Å². The number of thiazole rings is 1.